The second-order valence-electron chi connectivity index (χ2n) is 10.4. The number of amides is 1. The fourth-order valence-electron chi connectivity index (χ4n) is 4.72. The summed E-state index contributed by atoms with van der Waals surface area (Å²) in [6, 6.07) is 11.8. The van der Waals surface area contributed by atoms with Gasteiger partial charge in [-0.05, 0) is 42.0 Å². The molecule has 11 nitrogen and oxygen atoms in total. The Morgan fingerprint density at radius 1 is 1.10 bits per heavy atom. The number of carbonyl (C=O) groups excluding carboxylic acids is 1. The van der Waals surface area contributed by atoms with Crippen LogP contribution < -0.4 is 9.64 Å². The highest BCUT2D eigenvalue weighted by molar-refractivity contribution is 5.92. The molecular formula is C29H38N4O7. The standard InChI is InChI=1S/C29H38N4O7/c1-17(2)24-21(28(32-31-24)40-29-27(38)26(37)25(36)22(16-34)39-29)14-19-11-9-18(10-12-19)6-4-8-23(35)33(3)20-7-5-13-30-15-20/h5,7,9-13,15,17,22,25-27,29,34,36-38H,4,6,8,14,16H2,1-3H3,(H,31,32)/t22-,25-,26+,27-,29+/m1/s1. The molecule has 0 bridgehead atoms. The molecule has 5 N–H and O–H groups in total. The van der Waals surface area contributed by atoms with Crippen LogP contribution in [0.5, 0.6) is 5.88 Å². The summed E-state index contributed by atoms with van der Waals surface area (Å²) in [5.41, 5.74) is 4.54. The first-order valence-corrected chi connectivity index (χ1v) is 13.5. The fourth-order valence-corrected chi connectivity index (χ4v) is 4.72. The average molecular weight is 555 g/mol. The number of nitrogens with zero attached hydrogens (tertiary/aromatic N) is 3. The molecule has 0 radical (unpaired) electrons. The molecule has 216 valence electrons. The van der Waals surface area contributed by atoms with E-state index in [0.29, 0.717) is 12.8 Å². The lowest BCUT2D eigenvalue weighted by Crippen LogP contribution is -2.60. The van der Waals surface area contributed by atoms with E-state index in [-0.39, 0.29) is 17.7 Å². The Balaban J connectivity index is 1.38. The van der Waals surface area contributed by atoms with E-state index in [0.717, 1.165) is 40.9 Å². The molecule has 0 unspecified atom stereocenters. The van der Waals surface area contributed by atoms with E-state index < -0.39 is 37.3 Å². The second-order valence-corrected chi connectivity index (χ2v) is 10.4. The van der Waals surface area contributed by atoms with Gasteiger partial charge in [0.05, 0.1) is 18.5 Å². The van der Waals surface area contributed by atoms with Gasteiger partial charge in [-0.25, -0.2) is 0 Å². The quantitative estimate of drug-likeness (QED) is 0.237. The van der Waals surface area contributed by atoms with E-state index >= 15 is 0 Å². The zero-order valence-electron chi connectivity index (χ0n) is 23.0. The molecule has 40 heavy (non-hydrogen) atoms. The zero-order valence-corrected chi connectivity index (χ0v) is 23.0. The smallest absolute Gasteiger partial charge is 0.238 e. The Morgan fingerprint density at radius 2 is 1.82 bits per heavy atom. The molecule has 3 aromatic rings. The zero-order chi connectivity index (χ0) is 28.8. The third-order valence-corrected chi connectivity index (χ3v) is 7.18. The summed E-state index contributed by atoms with van der Waals surface area (Å²) < 4.78 is 11.4. The number of hydrogen-bond donors (Lipinski definition) is 5. The number of nitrogens with one attached hydrogen (secondary N) is 1. The number of anilines is 1. The first-order valence-electron chi connectivity index (χ1n) is 13.5. The van der Waals surface area contributed by atoms with Crippen LogP contribution in [0, 0.1) is 0 Å². The van der Waals surface area contributed by atoms with Crippen molar-refractivity contribution in [1.29, 1.82) is 0 Å². The van der Waals surface area contributed by atoms with Crippen molar-refractivity contribution in [2.45, 2.75) is 76.2 Å². The lowest BCUT2D eigenvalue weighted by atomic mass is 9.97. The highest BCUT2D eigenvalue weighted by atomic mass is 16.7. The topological polar surface area (TPSA) is 161 Å². The minimum atomic E-state index is -1.54. The van der Waals surface area contributed by atoms with Crippen molar-refractivity contribution in [3.63, 3.8) is 0 Å². The van der Waals surface area contributed by atoms with Gasteiger partial charge in [-0.2, -0.15) is 0 Å². The summed E-state index contributed by atoms with van der Waals surface area (Å²) in [7, 11) is 1.75. The van der Waals surface area contributed by atoms with E-state index in [9.17, 15) is 25.2 Å². The molecule has 11 heteroatoms. The van der Waals surface area contributed by atoms with Gasteiger partial charge in [-0.15, -0.1) is 5.10 Å². The molecule has 1 aromatic carbocycles. The van der Waals surface area contributed by atoms with Crippen LogP contribution in [-0.2, 0) is 22.4 Å². The summed E-state index contributed by atoms with van der Waals surface area (Å²) >= 11 is 0. The number of rotatable bonds is 11. The Bertz CT molecular complexity index is 1230. The minimum absolute atomic E-state index is 0.0396. The molecule has 1 aliphatic heterocycles. The fraction of sp³-hybridized carbons (Fsp3) is 0.483. The number of benzene rings is 1. The van der Waals surface area contributed by atoms with E-state index in [2.05, 4.69) is 15.2 Å². The van der Waals surface area contributed by atoms with Crippen LogP contribution in [0.3, 0.4) is 0 Å². The molecular weight excluding hydrogens is 516 g/mol. The Kier molecular flexibility index (Phi) is 9.88. The number of aryl methyl sites for hydroxylation is 1. The number of aromatic nitrogens is 3. The van der Waals surface area contributed by atoms with Crippen LogP contribution in [-0.4, -0.2) is 85.9 Å². The van der Waals surface area contributed by atoms with E-state index in [4.69, 9.17) is 9.47 Å². The van der Waals surface area contributed by atoms with Gasteiger partial charge in [0.1, 0.15) is 24.4 Å². The third kappa shape index (κ3) is 6.86. The van der Waals surface area contributed by atoms with Crippen molar-refractivity contribution in [2.75, 3.05) is 18.6 Å². The highest BCUT2D eigenvalue weighted by Crippen LogP contribution is 2.31. The highest BCUT2D eigenvalue weighted by Gasteiger charge is 2.45. The molecule has 5 atom stereocenters. The van der Waals surface area contributed by atoms with Gasteiger partial charge < -0.3 is 34.8 Å². The molecule has 1 saturated heterocycles. The van der Waals surface area contributed by atoms with Crippen molar-refractivity contribution in [3.8, 4) is 5.88 Å². The first kappa shape index (κ1) is 29.6. The third-order valence-electron chi connectivity index (χ3n) is 7.18. The molecule has 1 amide bonds. The number of aromatic amines is 1. The van der Waals surface area contributed by atoms with Crippen LogP contribution in [0.4, 0.5) is 5.69 Å². The van der Waals surface area contributed by atoms with Gasteiger partial charge >= 0.3 is 0 Å². The monoisotopic (exact) mass is 554 g/mol. The predicted octanol–water partition coefficient (Wildman–Crippen LogP) is 1.68. The van der Waals surface area contributed by atoms with Gasteiger partial charge in [0.25, 0.3) is 0 Å². The van der Waals surface area contributed by atoms with Gasteiger partial charge in [0.2, 0.25) is 18.1 Å². The second kappa shape index (κ2) is 13.3. The van der Waals surface area contributed by atoms with Crippen LogP contribution in [0.15, 0.2) is 48.8 Å². The minimum Gasteiger partial charge on any atom is -0.443 e. The van der Waals surface area contributed by atoms with Crippen LogP contribution in [0.25, 0.3) is 0 Å². The van der Waals surface area contributed by atoms with Crippen LogP contribution in [0.1, 0.15) is 55.0 Å². The Morgan fingerprint density at radius 3 is 2.48 bits per heavy atom. The van der Waals surface area contributed by atoms with E-state index in [1.807, 2.05) is 44.2 Å². The maximum atomic E-state index is 12.5. The number of carbonyl (C=O) groups is 1. The molecule has 4 rings (SSSR count). The maximum absolute atomic E-state index is 12.5. The largest absolute Gasteiger partial charge is 0.443 e. The SMILES string of the molecule is CC(C)c1[nH]nc(O[C@@H]2O[C@H](CO)[C@@H](O)[C@H](O)[C@H]2O)c1Cc1ccc(CCCC(=O)N(C)c2cccnc2)cc1. The van der Waals surface area contributed by atoms with Gasteiger partial charge in [0.15, 0.2) is 0 Å². The van der Waals surface area contributed by atoms with Gasteiger partial charge in [-0.3, -0.25) is 14.9 Å². The Hall–Kier alpha value is -3.35. The maximum Gasteiger partial charge on any atom is 0.238 e. The van der Waals surface area contributed by atoms with Crippen LogP contribution >= 0.6 is 0 Å². The summed E-state index contributed by atoms with van der Waals surface area (Å²) in [4.78, 5) is 18.2. The van der Waals surface area contributed by atoms with Crippen LogP contribution in [0.2, 0.25) is 0 Å². The summed E-state index contributed by atoms with van der Waals surface area (Å²) in [5.74, 6) is 0.363. The number of aliphatic hydroxyl groups is 4. The lowest BCUT2D eigenvalue weighted by Gasteiger charge is -2.39. The number of aliphatic hydroxyl groups excluding tert-OH is 4. The predicted molar refractivity (Wildman–Crippen MR) is 147 cm³/mol. The summed E-state index contributed by atoms with van der Waals surface area (Å²) in [5, 5.41) is 47.3. The normalized spacial score (nSPS) is 22.9. The Labute approximate surface area is 233 Å². The molecule has 3 heterocycles. The van der Waals surface area contributed by atoms with Crippen molar-refractivity contribution >= 4 is 11.6 Å². The van der Waals surface area contributed by atoms with Gasteiger partial charge in [0, 0.05) is 37.3 Å². The summed E-state index contributed by atoms with van der Waals surface area (Å²) in [6.45, 7) is 3.49. The molecule has 0 saturated carbocycles. The van der Waals surface area contributed by atoms with Crippen molar-refractivity contribution in [1.82, 2.24) is 15.2 Å². The van der Waals surface area contributed by atoms with Gasteiger partial charge in [-0.1, -0.05) is 38.1 Å². The van der Waals surface area contributed by atoms with Crippen molar-refractivity contribution < 1.29 is 34.7 Å². The van der Waals surface area contributed by atoms with Crippen molar-refractivity contribution in [2.24, 2.45) is 0 Å². The molecule has 1 aliphatic rings. The molecule has 2 aromatic heterocycles. The molecule has 0 spiro atoms. The first-order chi connectivity index (χ1) is 19.2. The van der Waals surface area contributed by atoms with E-state index in [1.165, 1.54) is 0 Å². The lowest BCUT2D eigenvalue weighted by molar-refractivity contribution is -0.278. The van der Waals surface area contributed by atoms with Crippen molar-refractivity contribution in [3.05, 3.63) is 71.2 Å². The van der Waals surface area contributed by atoms with E-state index in [1.54, 1.807) is 30.4 Å². The average Bonchev–Trinajstić information content (AvgIpc) is 3.36. The number of pyridine rings is 1. The number of H-pyrrole nitrogens is 1. The molecule has 1 fully saturated rings. The number of hydrogen-bond acceptors (Lipinski definition) is 9. The summed E-state index contributed by atoms with van der Waals surface area (Å²) in [6.07, 6.45) is -1.18. The molecule has 0 aliphatic carbocycles. The number of ether oxygens (including phenoxy) is 2.